The van der Waals surface area contributed by atoms with Crippen LogP contribution in [0.25, 0.3) is 0 Å². The highest BCUT2D eigenvalue weighted by atomic mass is 32.2. The van der Waals surface area contributed by atoms with Crippen molar-refractivity contribution in [1.82, 2.24) is 0 Å². The molecule has 110 valence electrons. The molecule has 0 aliphatic heterocycles. The van der Waals surface area contributed by atoms with Gasteiger partial charge < -0.3 is 10.6 Å². The predicted octanol–water partition coefficient (Wildman–Crippen LogP) is 2.54. The molecule has 0 fully saturated rings. The Hall–Kier alpha value is -2.18. The molecule has 2 aromatic rings. The zero-order valence-electron chi connectivity index (χ0n) is 11.8. The molecule has 0 spiro atoms. The summed E-state index contributed by atoms with van der Waals surface area (Å²) in [5, 5.41) is 5.78. The van der Waals surface area contributed by atoms with E-state index in [9.17, 15) is 0 Å². The van der Waals surface area contributed by atoms with Crippen LogP contribution in [0.5, 0.6) is 5.75 Å². The standard InChI is InChI=1S/C15H18N4OS/c1-20-14-10-6-5-7-12(14)11-21-15(18-16)19(17)13-8-3-2-4-9-13/h2-10H,11,16-17H2,1H3/b18-15+. The van der Waals surface area contributed by atoms with Crippen LogP contribution in [0.4, 0.5) is 5.69 Å². The summed E-state index contributed by atoms with van der Waals surface area (Å²) in [6.45, 7) is 0. The molecule has 0 radical (unpaired) electrons. The van der Waals surface area contributed by atoms with Crippen LogP contribution in [0.15, 0.2) is 59.7 Å². The van der Waals surface area contributed by atoms with Gasteiger partial charge in [0.05, 0.1) is 12.8 Å². The molecule has 0 aromatic heterocycles. The molecule has 0 unspecified atom stereocenters. The maximum absolute atomic E-state index is 6.05. The molecule has 0 aliphatic carbocycles. The van der Waals surface area contributed by atoms with Crippen LogP contribution < -0.4 is 21.4 Å². The minimum Gasteiger partial charge on any atom is -0.496 e. The number of anilines is 1. The fourth-order valence-electron chi connectivity index (χ4n) is 1.83. The molecule has 6 heteroatoms. The molecule has 2 rings (SSSR count). The number of rotatable bonds is 4. The van der Waals surface area contributed by atoms with Gasteiger partial charge in [-0.25, -0.2) is 5.84 Å². The van der Waals surface area contributed by atoms with Gasteiger partial charge in [-0.3, -0.25) is 5.01 Å². The van der Waals surface area contributed by atoms with E-state index in [1.54, 1.807) is 7.11 Å². The lowest BCUT2D eigenvalue weighted by molar-refractivity contribution is 0.411. The summed E-state index contributed by atoms with van der Waals surface area (Å²) in [6.07, 6.45) is 0. The lowest BCUT2D eigenvalue weighted by atomic mass is 10.2. The van der Waals surface area contributed by atoms with Gasteiger partial charge in [0.25, 0.3) is 0 Å². The molecule has 0 saturated heterocycles. The van der Waals surface area contributed by atoms with Crippen molar-refractivity contribution in [2.75, 3.05) is 12.1 Å². The molecule has 0 bridgehead atoms. The Kier molecular flexibility index (Phi) is 5.48. The van der Waals surface area contributed by atoms with Crippen LogP contribution in [0.1, 0.15) is 5.56 Å². The minimum absolute atomic E-state index is 0.534. The molecule has 5 nitrogen and oxygen atoms in total. The van der Waals surface area contributed by atoms with Crippen LogP contribution in [-0.4, -0.2) is 12.3 Å². The minimum atomic E-state index is 0.534. The lowest BCUT2D eigenvalue weighted by Crippen LogP contribution is -2.36. The zero-order chi connectivity index (χ0) is 15.1. The van der Waals surface area contributed by atoms with Gasteiger partial charge in [-0.05, 0) is 18.2 Å². The first-order valence-electron chi connectivity index (χ1n) is 6.38. The van der Waals surface area contributed by atoms with E-state index in [0.29, 0.717) is 10.9 Å². The first kappa shape index (κ1) is 15.2. The predicted molar refractivity (Wildman–Crippen MR) is 89.0 cm³/mol. The Morgan fingerprint density at radius 3 is 2.48 bits per heavy atom. The van der Waals surface area contributed by atoms with Gasteiger partial charge in [0.15, 0.2) is 0 Å². The first-order chi connectivity index (χ1) is 10.3. The fraction of sp³-hybridized carbons (Fsp3) is 0.133. The van der Waals surface area contributed by atoms with Gasteiger partial charge in [-0.15, -0.1) is 0 Å². The molecule has 0 heterocycles. The largest absolute Gasteiger partial charge is 0.496 e. The molecule has 4 N–H and O–H groups in total. The van der Waals surface area contributed by atoms with Crippen LogP contribution in [0.2, 0.25) is 0 Å². The summed E-state index contributed by atoms with van der Waals surface area (Å²) in [6, 6.07) is 17.4. The third-order valence-electron chi connectivity index (χ3n) is 2.90. The Bertz CT molecular complexity index is 604. The van der Waals surface area contributed by atoms with Crippen LogP contribution >= 0.6 is 11.8 Å². The second kappa shape index (κ2) is 7.56. The maximum atomic E-state index is 6.05. The number of thioether (sulfide) groups is 1. The highest BCUT2D eigenvalue weighted by Crippen LogP contribution is 2.25. The summed E-state index contributed by atoms with van der Waals surface area (Å²) in [5.41, 5.74) is 1.89. The topological polar surface area (TPSA) is 76.9 Å². The van der Waals surface area contributed by atoms with E-state index in [1.807, 2.05) is 54.6 Å². The Labute approximate surface area is 128 Å². The van der Waals surface area contributed by atoms with E-state index >= 15 is 0 Å². The molecule has 2 aromatic carbocycles. The molecule has 0 atom stereocenters. The summed E-state index contributed by atoms with van der Waals surface area (Å²) in [4.78, 5) is 0. The van der Waals surface area contributed by atoms with Crippen LogP contribution in [0, 0.1) is 0 Å². The second-order valence-electron chi connectivity index (χ2n) is 4.22. The Balaban J connectivity index is 2.07. The van der Waals surface area contributed by atoms with Gasteiger partial charge in [0.2, 0.25) is 5.17 Å². The second-order valence-corrected chi connectivity index (χ2v) is 5.16. The van der Waals surface area contributed by atoms with Crippen LogP contribution in [0.3, 0.4) is 0 Å². The lowest BCUT2D eigenvalue weighted by Gasteiger charge is -2.19. The average molecular weight is 302 g/mol. The third-order valence-corrected chi connectivity index (χ3v) is 3.92. The molecular weight excluding hydrogens is 284 g/mol. The molecule has 0 amide bonds. The normalized spacial score (nSPS) is 11.2. The van der Waals surface area contributed by atoms with Crippen molar-refractivity contribution in [2.24, 2.45) is 16.8 Å². The Morgan fingerprint density at radius 2 is 1.81 bits per heavy atom. The number of amidine groups is 1. The number of hydrazone groups is 1. The monoisotopic (exact) mass is 302 g/mol. The van der Waals surface area contributed by atoms with Gasteiger partial charge in [0, 0.05) is 11.3 Å². The van der Waals surface area contributed by atoms with E-state index in [-0.39, 0.29) is 0 Å². The smallest absolute Gasteiger partial charge is 0.201 e. The van der Waals surface area contributed by atoms with Gasteiger partial charge in [-0.2, -0.15) is 5.10 Å². The number of para-hydroxylation sites is 2. The summed E-state index contributed by atoms with van der Waals surface area (Å²) in [7, 11) is 1.65. The van der Waals surface area contributed by atoms with E-state index in [4.69, 9.17) is 16.4 Å². The van der Waals surface area contributed by atoms with Crippen molar-refractivity contribution >= 4 is 22.6 Å². The number of hydrazine groups is 1. The van der Waals surface area contributed by atoms with Crippen molar-refractivity contribution in [3.05, 3.63) is 60.2 Å². The summed E-state index contributed by atoms with van der Waals surface area (Å²) >= 11 is 1.45. The highest BCUT2D eigenvalue weighted by molar-refractivity contribution is 8.13. The van der Waals surface area contributed by atoms with E-state index in [2.05, 4.69) is 5.10 Å². The maximum Gasteiger partial charge on any atom is 0.201 e. The van der Waals surface area contributed by atoms with Crippen molar-refractivity contribution in [3.8, 4) is 5.75 Å². The third kappa shape index (κ3) is 3.90. The SMILES string of the molecule is COc1ccccc1CS/C(=N/N)N(N)c1ccccc1. The quantitative estimate of drug-likeness (QED) is 0.393. The number of hydrogen-bond donors (Lipinski definition) is 2. The van der Waals surface area contributed by atoms with E-state index in [0.717, 1.165) is 17.0 Å². The van der Waals surface area contributed by atoms with Crippen molar-refractivity contribution < 1.29 is 4.74 Å². The molecular formula is C15H18N4OS. The van der Waals surface area contributed by atoms with Crippen LogP contribution in [-0.2, 0) is 5.75 Å². The number of hydrogen-bond acceptors (Lipinski definition) is 5. The number of methoxy groups -OCH3 is 1. The van der Waals surface area contributed by atoms with Crippen molar-refractivity contribution in [2.45, 2.75) is 5.75 Å². The van der Waals surface area contributed by atoms with E-state index in [1.165, 1.54) is 16.8 Å². The van der Waals surface area contributed by atoms with E-state index < -0.39 is 0 Å². The number of nitrogens with two attached hydrogens (primary N) is 2. The molecule has 0 aliphatic rings. The first-order valence-corrected chi connectivity index (χ1v) is 7.37. The van der Waals surface area contributed by atoms with Gasteiger partial charge in [0.1, 0.15) is 5.75 Å². The van der Waals surface area contributed by atoms with Crippen molar-refractivity contribution in [1.29, 1.82) is 0 Å². The summed E-state index contributed by atoms with van der Waals surface area (Å²) < 4.78 is 5.33. The number of ether oxygens (including phenoxy) is 1. The van der Waals surface area contributed by atoms with Gasteiger partial charge >= 0.3 is 0 Å². The van der Waals surface area contributed by atoms with Crippen molar-refractivity contribution in [3.63, 3.8) is 0 Å². The molecule has 0 saturated carbocycles. The Morgan fingerprint density at radius 1 is 1.14 bits per heavy atom. The highest BCUT2D eigenvalue weighted by Gasteiger charge is 2.12. The summed E-state index contributed by atoms with van der Waals surface area (Å²) in [5.74, 6) is 13.0. The average Bonchev–Trinajstić information content (AvgIpc) is 2.56. The zero-order valence-corrected chi connectivity index (χ0v) is 12.6. The fourth-order valence-corrected chi connectivity index (χ4v) is 2.67. The number of nitrogens with zero attached hydrogens (tertiary/aromatic N) is 2. The molecule has 21 heavy (non-hydrogen) atoms. The number of benzene rings is 2. The van der Waals surface area contributed by atoms with Gasteiger partial charge in [-0.1, -0.05) is 48.2 Å².